The molecule has 2 aromatic carbocycles. The number of thioether (sulfide) groups is 1. The molecule has 0 saturated carbocycles. The highest BCUT2D eigenvalue weighted by Crippen LogP contribution is 2.32. The second-order valence-corrected chi connectivity index (χ2v) is 7.97. The summed E-state index contributed by atoms with van der Waals surface area (Å²) in [5.41, 5.74) is 1.49. The molecule has 1 atom stereocenters. The monoisotopic (exact) mass is 453 g/mol. The van der Waals surface area contributed by atoms with Crippen LogP contribution in [0.15, 0.2) is 66.2 Å². The fourth-order valence-corrected chi connectivity index (χ4v) is 4.11. The molecule has 2 amide bonds. The highest BCUT2D eigenvalue weighted by atomic mass is 32.2. The number of amides is 2. The average Bonchev–Trinajstić information content (AvgIpc) is 3.05. The minimum absolute atomic E-state index is 0.0363. The van der Waals surface area contributed by atoms with E-state index in [0.29, 0.717) is 22.1 Å². The van der Waals surface area contributed by atoms with E-state index in [4.69, 9.17) is 4.74 Å². The highest BCUT2D eigenvalue weighted by Gasteiger charge is 2.38. The Morgan fingerprint density at radius 1 is 1.22 bits per heavy atom. The van der Waals surface area contributed by atoms with Gasteiger partial charge in [-0.3, -0.25) is 14.5 Å². The molecular formula is C23H23N3O5S. The van der Waals surface area contributed by atoms with Crippen LogP contribution >= 0.6 is 11.8 Å². The molecule has 0 radical (unpaired) electrons. The van der Waals surface area contributed by atoms with Gasteiger partial charge in [0.15, 0.2) is 5.17 Å². The van der Waals surface area contributed by atoms with E-state index in [1.165, 1.54) is 28.8 Å². The molecule has 0 aromatic heterocycles. The number of carbonyl (C=O) groups excluding carboxylic acids is 3. The van der Waals surface area contributed by atoms with Crippen LogP contribution in [0.25, 0.3) is 0 Å². The quantitative estimate of drug-likeness (QED) is 0.466. The number of amidine groups is 1. The van der Waals surface area contributed by atoms with Crippen LogP contribution in [0.1, 0.15) is 23.7 Å². The minimum Gasteiger partial charge on any atom is -0.508 e. The Hall–Kier alpha value is -3.59. The molecule has 1 fully saturated rings. The van der Waals surface area contributed by atoms with Crippen LogP contribution in [-0.4, -0.2) is 51.4 Å². The van der Waals surface area contributed by atoms with Gasteiger partial charge in [-0.25, -0.2) is 9.79 Å². The second-order valence-electron chi connectivity index (χ2n) is 6.80. The molecule has 1 aliphatic heterocycles. The van der Waals surface area contributed by atoms with Crippen LogP contribution in [0, 0.1) is 0 Å². The number of rotatable bonds is 8. The molecule has 32 heavy (non-hydrogen) atoms. The fraction of sp³-hybridized carbons (Fsp3) is 0.217. The molecule has 9 heteroatoms. The Morgan fingerprint density at radius 2 is 1.91 bits per heavy atom. The summed E-state index contributed by atoms with van der Waals surface area (Å²) in [6.07, 6.45) is 1.56. The lowest BCUT2D eigenvalue weighted by molar-refractivity contribution is -0.127. The smallest absolute Gasteiger partial charge is 0.338 e. The normalized spacial score (nSPS) is 16.8. The average molecular weight is 454 g/mol. The lowest BCUT2D eigenvalue weighted by Crippen LogP contribution is -2.33. The van der Waals surface area contributed by atoms with E-state index >= 15 is 0 Å². The number of nitrogens with zero attached hydrogens (tertiary/aromatic N) is 2. The van der Waals surface area contributed by atoms with Gasteiger partial charge in [0.2, 0.25) is 11.8 Å². The van der Waals surface area contributed by atoms with Gasteiger partial charge in [0.05, 0.1) is 17.9 Å². The largest absolute Gasteiger partial charge is 0.508 e. The molecule has 2 N–H and O–H groups in total. The SMILES string of the molecule is C=CCN1C(=O)C(CC(=O)Nc2ccc(C(=O)OCC)cc2)SC1=Nc1ccc(O)cc1. The van der Waals surface area contributed by atoms with Gasteiger partial charge in [-0.15, -0.1) is 6.58 Å². The van der Waals surface area contributed by atoms with E-state index in [1.807, 2.05) is 0 Å². The zero-order chi connectivity index (χ0) is 23.1. The topological polar surface area (TPSA) is 108 Å². The maximum atomic E-state index is 12.8. The summed E-state index contributed by atoms with van der Waals surface area (Å²) in [7, 11) is 0. The lowest BCUT2D eigenvalue weighted by Gasteiger charge is -2.13. The highest BCUT2D eigenvalue weighted by molar-refractivity contribution is 8.15. The van der Waals surface area contributed by atoms with Crippen molar-refractivity contribution >= 4 is 46.1 Å². The van der Waals surface area contributed by atoms with Crippen molar-refractivity contribution in [2.45, 2.75) is 18.6 Å². The Bertz CT molecular complexity index is 1030. The van der Waals surface area contributed by atoms with Crippen LogP contribution < -0.4 is 5.32 Å². The first kappa shape index (κ1) is 23.1. The third-order valence-electron chi connectivity index (χ3n) is 4.46. The summed E-state index contributed by atoms with van der Waals surface area (Å²) in [4.78, 5) is 43.0. The van der Waals surface area contributed by atoms with E-state index < -0.39 is 11.2 Å². The van der Waals surface area contributed by atoms with Crippen LogP contribution in [0.4, 0.5) is 11.4 Å². The van der Waals surface area contributed by atoms with Crippen molar-refractivity contribution in [2.75, 3.05) is 18.5 Å². The van der Waals surface area contributed by atoms with Crippen molar-refractivity contribution < 1.29 is 24.2 Å². The first-order chi connectivity index (χ1) is 15.4. The number of phenolic OH excluding ortho intramolecular Hbond substituents is 1. The zero-order valence-corrected chi connectivity index (χ0v) is 18.3. The van der Waals surface area contributed by atoms with E-state index in [-0.39, 0.29) is 37.1 Å². The van der Waals surface area contributed by atoms with E-state index in [9.17, 15) is 19.5 Å². The van der Waals surface area contributed by atoms with Gasteiger partial charge in [-0.05, 0) is 55.5 Å². The number of ether oxygens (including phenoxy) is 1. The summed E-state index contributed by atoms with van der Waals surface area (Å²) in [5, 5.41) is 12.0. The van der Waals surface area contributed by atoms with Crippen molar-refractivity contribution in [3.63, 3.8) is 0 Å². The summed E-state index contributed by atoms with van der Waals surface area (Å²) in [6, 6.07) is 12.6. The van der Waals surface area contributed by atoms with Gasteiger partial charge < -0.3 is 15.2 Å². The van der Waals surface area contributed by atoms with Crippen LogP contribution in [0.3, 0.4) is 0 Å². The predicted octanol–water partition coefficient (Wildman–Crippen LogP) is 3.72. The number of carbonyl (C=O) groups is 3. The zero-order valence-electron chi connectivity index (χ0n) is 17.5. The molecular weight excluding hydrogens is 430 g/mol. The molecule has 0 bridgehead atoms. The number of phenols is 1. The van der Waals surface area contributed by atoms with Crippen molar-refractivity contribution in [1.29, 1.82) is 0 Å². The van der Waals surface area contributed by atoms with E-state index in [1.54, 1.807) is 49.4 Å². The Kier molecular flexibility index (Phi) is 7.67. The van der Waals surface area contributed by atoms with Crippen molar-refractivity contribution in [3.8, 4) is 5.75 Å². The predicted molar refractivity (Wildman–Crippen MR) is 124 cm³/mol. The number of anilines is 1. The number of hydrogen-bond donors (Lipinski definition) is 2. The molecule has 166 valence electrons. The number of aliphatic imine (C=N–C) groups is 1. The van der Waals surface area contributed by atoms with Gasteiger partial charge >= 0.3 is 5.97 Å². The maximum absolute atomic E-state index is 12.8. The summed E-state index contributed by atoms with van der Waals surface area (Å²) < 4.78 is 4.94. The minimum atomic E-state index is -0.621. The number of nitrogens with one attached hydrogen (secondary N) is 1. The molecule has 0 spiro atoms. The van der Waals surface area contributed by atoms with Crippen LogP contribution in [-0.2, 0) is 14.3 Å². The molecule has 1 aliphatic rings. The van der Waals surface area contributed by atoms with Gasteiger partial charge in [0, 0.05) is 18.7 Å². The lowest BCUT2D eigenvalue weighted by atomic mass is 10.2. The van der Waals surface area contributed by atoms with Crippen LogP contribution in [0.5, 0.6) is 5.75 Å². The molecule has 3 rings (SSSR count). The maximum Gasteiger partial charge on any atom is 0.338 e. The van der Waals surface area contributed by atoms with Crippen molar-refractivity contribution in [2.24, 2.45) is 4.99 Å². The number of hydrogen-bond acceptors (Lipinski definition) is 7. The first-order valence-corrected chi connectivity index (χ1v) is 10.8. The van der Waals surface area contributed by atoms with E-state index in [2.05, 4.69) is 16.9 Å². The molecule has 1 saturated heterocycles. The number of aromatic hydroxyl groups is 1. The Balaban J connectivity index is 1.66. The molecule has 2 aromatic rings. The molecule has 1 heterocycles. The van der Waals surface area contributed by atoms with Gasteiger partial charge in [0.1, 0.15) is 11.0 Å². The molecule has 1 unspecified atom stereocenters. The van der Waals surface area contributed by atoms with Gasteiger partial charge in [-0.2, -0.15) is 0 Å². The van der Waals surface area contributed by atoms with Crippen LogP contribution in [0.2, 0.25) is 0 Å². The van der Waals surface area contributed by atoms with Gasteiger partial charge in [-0.1, -0.05) is 17.8 Å². The number of esters is 1. The summed E-state index contributed by atoms with van der Waals surface area (Å²) >= 11 is 1.21. The second kappa shape index (κ2) is 10.6. The van der Waals surface area contributed by atoms with Crippen molar-refractivity contribution in [1.82, 2.24) is 4.90 Å². The third-order valence-corrected chi connectivity index (χ3v) is 5.63. The van der Waals surface area contributed by atoms with Gasteiger partial charge in [0.25, 0.3) is 0 Å². The molecule has 8 nitrogen and oxygen atoms in total. The number of benzene rings is 2. The summed E-state index contributed by atoms with van der Waals surface area (Å²) in [6.45, 7) is 5.97. The van der Waals surface area contributed by atoms with Crippen molar-refractivity contribution in [3.05, 3.63) is 66.7 Å². The fourth-order valence-electron chi connectivity index (χ4n) is 2.94. The van der Waals surface area contributed by atoms with E-state index in [0.717, 1.165) is 0 Å². The molecule has 0 aliphatic carbocycles. The third kappa shape index (κ3) is 5.76. The first-order valence-electron chi connectivity index (χ1n) is 9.95. The Morgan fingerprint density at radius 3 is 2.53 bits per heavy atom. The Labute approximate surface area is 190 Å². The standard InChI is InChI=1S/C23H23N3O5S/c1-3-13-26-21(29)19(32-23(26)25-17-9-11-18(27)12-10-17)14-20(28)24-16-7-5-15(6-8-16)22(30)31-4-2/h3,5-12,19,27H,1,4,13-14H2,2H3,(H,24,28). The summed E-state index contributed by atoms with van der Waals surface area (Å²) in [5.74, 6) is -0.859.